The van der Waals surface area contributed by atoms with Crippen molar-refractivity contribution in [2.75, 3.05) is 33.3 Å². The highest BCUT2D eigenvalue weighted by molar-refractivity contribution is 5.67. The van der Waals surface area contributed by atoms with Crippen molar-refractivity contribution in [3.8, 4) is 0 Å². The number of ether oxygens (including phenoxy) is 1. The zero-order valence-corrected chi connectivity index (χ0v) is 11.8. The Morgan fingerprint density at radius 3 is 2.63 bits per heavy atom. The van der Waals surface area contributed by atoms with E-state index in [1.54, 1.807) is 0 Å². The van der Waals surface area contributed by atoms with Gasteiger partial charge >= 0.3 is 6.09 Å². The third-order valence-electron chi connectivity index (χ3n) is 4.61. The molecule has 1 aliphatic carbocycles. The molecule has 2 heterocycles. The van der Waals surface area contributed by atoms with Crippen LogP contribution < -0.4 is 5.32 Å². The molecule has 19 heavy (non-hydrogen) atoms. The largest absolute Gasteiger partial charge is 0.453 e. The molecule has 0 radical (unpaired) electrons. The molecule has 1 N–H and O–H groups in total. The van der Waals surface area contributed by atoms with Gasteiger partial charge in [0.2, 0.25) is 0 Å². The van der Waals surface area contributed by atoms with Crippen molar-refractivity contribution in [1.29, 1.82) is 0 Å². The fraction of sp³-hybridized carbons (Fsp3) is 0.929. The second kappa shape index (κ2) is 5.67. The number of methoxy groups -OCH3 is 1. The minimum Gasteiger partial charge on any atom is -0.453 e. The molecule has 0 aromatic heterocycles. The molecular weight excluding hydrogens is 242 g/mol. The van der Waals surface area contributed by atoms with Gasteiger partial charge in [0.25, 0.3) is 0 Å². The van der Waals surface area contributed by atoms with Crippen LogP contribution in [0.25, 0.3) is 0 Å². The lowest BCUT2D eigenvalue weighted by Gasteiger charge is -2.33. The van der Waals surface area contributed by atoms with E-state index >= 15 is 0 Å². The topological polar surface area (TPSA) is 44.8 Å². The summed E-state index contributed by atoms with van der Waals surface area (Å²) >= 11 is 0. The summed E-state index contributed by atoms with van der Waals surface area (Å²) in [5.41, 5.74) is 0. The van der Waals surface area contributed by atoms with Crippen molar-refractivity contribution in [2.45, 2.75) is 50.2 Å². The first-order chi connectivity index (χ1) is 9.26. The number of nitrogens with one attached hydrogen (secondary N) is 1. The van der Waals surface area contributed by atoms with Crippen LogP contribution in [0.1, 0.15) is 32.1 Å². The Morgan fingerprint density at radius 1 is 1.11 bits per heavy atom. The zero-order chi connectivity index (χ0) is 13.2. The van der Waals surface area contributed by atoms with Crippen molar-refractivity contribution in [3.05, 3.63) is 0 Å². The van der Waals surface area contributed by atoms with Crippen molar-refractivity contribution in [1.82, 2.24) is 15.1 Å². The molecule has 0 spiro atoms. The number of rotatable bonds is 3. The van der Waals surface area contributed by atoms with E-state index in [-0.39, 0.29) is 6.09 Å². The number of hydrogen-bond donors (Lipinski definition) is 1. The SMILES string of the molecule is COC(=O)N1CCC[C@H](N[C@@H]2CCN(C3CC3)C2)C1. The minimum atomic E-state index is -0.183. The lowest BCUT2D eigenvalue weighted by molar-refractivity contribution is 0.106. The monoisotopic (exact) mass is 267 g/mol. The number of likely N-dealkylation sites (tertiary alicyclic amines) is 2. The van der Waals surface area contributed by atoms with E-state index in [0.29, 0.717) is 12.1 Å². The van der Waals surface area contributed by atoms with E-state index in [0.717, 1.165) is 25.6 Å². The number of piperidine rings is 1. The van der Waals surface area contributed by atoms with Crippen LogP contribution in [-0.2, 0) is 4.74 Å². The minimum absolute atomic E-state index is 0.183. The molecule has 1 amide bonds. The van der Waals surface area contributed by atoms with Crippen molar-refractivity contribution in [3.63, 3.8) is 0 Å². The second-order valence-corrected chi connectivity index (χ2v) is 6.13. The molecule has 3 aliphatic rings. The van der Waals surface area contributed by atoms with Crippen LogP contribution in [0.4, 0.5) is 4.79 Å². The van der Waals surface area contributed by atoms with Crippen LogP contribution in [0, 0.1) is 0 Å². The van der Waals surface area contributed by atoms with Crippen LogP contribution in [0.3, 0.4) is 0 Å². The maximum atomic E-state index is 11.6. The molecule has 5 heteroatoms. The lowest BCUT2D eigenvalue weighted by atomic mass is 10.0. The standard InChI is InChI=1S/C14H25N3O2/c1-19-14(18)17-7-2-3-11(10-17)15-12-6-8-16(9-12)13-4-5-13/h11-13,15H,2-10H2,1H3/t11-,12+/m0/s1. The fourth-order valence-electron chi connectivity index (χ4n) is 3.44. The molecule has 0 aromatic rings. The molecule has 3 fully saturated rings. The first-order valence-electron chi connectivity index (χ1n) is 7.59. The lowest BCUT2D eigenvalue weighted by Crippen LogP contribution is -2.51. The van der Waals surface area contributed by atoms with Gasteiger partial charge in [-0.15, -0.1) is 0 Å². The van der Waals surface area contributed by atoms with Gasteiger partial charge in [0.1, 0.15) is 0 Å². The molecule has 0 unspecified atom stereocenters. The van der Waals surface area contributed by atoms with E-state index in [1.807, 2.05) is 4.90 Å². The summed E-state index contributed by atoms with van der Waals surface area (Å²) in [5.74, 6) is 0. The second-order valence-electron chi connectivity index (χ2n) is 6.13. The molecule has 0 bridgehead atoms. The van der Waals surface area contributed by atoms with Crippen LogP contribution in [0.15, 0.2) is 0 Å². The highest BCUT2D eigenvalue weighted by Gasteiger charge is 2.35. The summed E-state index contributed by atoms with van der Waals surface area (Å²) in [4.78, 5) is 16.0. The number of carbonyl (C=O) groups is 1. The normalized spacial score (nSPS) is 32.6. The molecule has 0 aromatic carbocycles. The molecule has 1 saturated carbocycles. The first-order valence-corrected chi connectivity index (χ1v) is 7.59. The molecule has 2 aliphatic heterocycles. The Bertz CT molecular complexity index is 333. The van der Waals surface area contributed by atoms with Crippen LogP contribution in [-0.4, -0.2) is 67.3 Å². The van der Waals surface area contributed by atoms with Gasteiger partial charge in [-0.2, -0.15) is 0 Å². The Morgan fingerprint density at radius 2 is 1.89 bits per heavy atom. The smallest absolute Gasteiger partial charge is 0.409 e. The van der Waals surface area contributed by atoms with Gasteiger partial charge in [-0.1, -0.05) is 0 Å². The molecule has 108 valence electrons. The Kier molecular flexibility index (Phi) is 3.93. The van der Waals surface area contributed by atoms with Crippen molar-refractivity contribution < 1.29 is 9.53 Å². The molecule has 2 saturated heterocycles. The highest BCUT2D eigenvalue weighted by atomic mass is 16.5. The third kappa shape index (κ3) is 3.20. The van der Waals surface area contributed by atoms with Crippen molar-refractivity contribution >= 4 is 6.09 Å². The third-order valence-corrected chi connectivity index (χ3v) is 4.61. The Hall–Kier alpha value is -0.810. The fourth-order valence-corrected chi connectivity index (χ4v) is 3.44. The molecule has 2 atom stereocenters. The molecule has 3 rings (SSSR count). The van der Waals surface area contributed by atoms with Gasteiger partial charge < -0.3 is 15.0 Å². The zero-order valence-electron chi connectivity index (χ0n) is 11.8. The Labute approximate surface area is 115 Å². The quantitative estimate of drug-likeness (QED) is 0.830. The van der Waals surface area contributed by atoms with E-state index < -0.39 is 0 Å². The summed E-state index contributed by atoms with van der Waals surface area (Å²) in [6.45, 7) is 4.07. The average Bonchev–Trinajstić information content (AvgIpc) is 3.19. The Balaban J connectivity index is 1.45. The summed E-state index contributed by atoms with van der Waals surface area (Å²) in [6, 6.07) is 1.94. The van der Waals surface area contributed by atoms with Crippen molar-refractivity contribution in [2.24, 2.45) is 0 Å². The summed E-state index contributed by atoms with van der Waals surface area (Å²) in [7, 11) is 1.46. The predicted octanol–water partition coefficient (Wildman–Crippen LogP) is 1.04. The van der Waals surface area contributed by atoms with Gasteiger partial charge in [0, 0.05) is 44.3 Å². The number of nitrogens with zero attached hydrogens (tertiary/aromatic N) is 2. The van der Waals surface area contributed by atoms with Gasteiger partial charge in [0.05, 0.1) is 7.11 Å². The summed E-state index contributed by atoms with van der Waals surface area (Å²) in [6.07, 6.45) is 6.11. The van der Waals surface area contributed by atoms with Crippen LogP contribution in [0.5, 0.6) is 0 Å². The van der Waals surface area contributed by atoms with E-state index in [2.05, 4.69) is 10.2 Å². The van der Waals surface area contributed by atoms with Gasteiger partial charge in [0.15, 0.2) is 0 Å². The maximum absolute atomic E-state index is 11.6. The number of carbonyl (C=O) groups excluding carboxylic acids is 1. The molecule has 5 nitrogen and oxygen atoms in total. The number of hydrogen-bond acceptors (Lipinski definition) is 4. The number of amides is 1. The van der Waals surface area contributed by atoms with E-state index in [1.165, 1.54) is 45.9 Å². The molecular formula is C14H25N3O2. The van der Waals surface area contributed by atoms with Crippen LogP contribution >= 0.6 is 0 Å². The summed E-state index contributed by atoms with van der Waals surface area (Å²) in [5, 5.41) is 3.75. The predicted molar refractivity (Wildman–Crippen MR) is 73.1 cm³/mol. The van der Waals surface area contributed by atoms with E-state index in [9.17, 15) is 4.79 Å². The van der Waals surface area contributed by atoms with E-state index in [4.69, 9.17) is 4.74 Å². The van der Waals surface area contributed by atoms with Gasteiger partial charge in [-0.05, 0) is 32.1 Å². The maximum Gasteiger partial charge on any atom is 0.409 e. The highest BCUT2D eigenvalue weighted by Crippen LogP contribution is 2.30. The van der Waals surface area contributed by atoms with Gasteiger partial charge in [-0.25, -0.2) is 4.79 Å². The van der Waals surface area contributed by atoms with Gasteiger partial charge in [-0.3, -0.25) is 4.90 Å². The summed E-state index contributed by atoms with van der Waals surface area (Å²) < 4.78 is 4.82. The first kappa shape index (κ1) is 13.2. The average molecular weight is 267 g/mol. The van der Waals surface area contributed by atoms with Crippen LogP contribution in [0.2, 0.25) is 0 Å².